The molecule has 112 valence electrons. The summed E-state index contributed by atoms with van der Waals surface area (Å²) in [5.41, 5.74) is 17.3. The molecule has 0 saturated heterocycles. The topological polar surface area (TPSA) is 26.0 Å². The van der Waals surface area contributed by atoms with Crippen LogP contribution in [0.1, 0.15) is 50.5 Å². The summed E-state index contributed by atoms with van der Waals surface area (Å²) in [6, 6.07) is 8.95. The number of aryl methyl sites for hydroxylation is 4. The van der Waals surface area contributed by atoms with Crippen LogP contribution in [-0.2, 0) is 6.42 Å². The Hall–Kier alpha value is -1.60. The van der Waals surface area contributed by atoms with Gasteiger partial charge in [-0.3, -0.25) is 0 Å². The second-order valence-corrected chi connectivity index (χ2v) is 6.41. The summed E-state index contributed by atoms with van der Waals surface area (Å²) in [6.07, 6.45) is 0.901. The number of hydrogen-bond donors (Lipinski definition) is 1. The second-order valence-electron chi connectivity index (χ2n) is 6.41. The van der Waals surface area contributed by atoms with Gasteiger partial charge in [0.25, 0.3) is 0 Å². The first-order valence-corrected chi connectivity index (χ1v) is 7.70. The Morgan fingerprint density at radius 3 is 1.95 bits per heavy atom. The normalized spacial score (nSPS) is 12.5. The average molecular weight is 281 g/mol. The molecule has 0 aliphatic heterocycles. The van der Waals surface area contributed by atoms with Crippen molar-refractivity contribution in [3.05, 3.63) is 68.8 Å². The van der Waals surface area contributed by atoms with E-state index in [0.29, 0.717) is 0 Å². The zero-order valence-electron chi connectivity index (χ0n) is 14.2. The van der Waals surface area contributed by atoms with Crippen LogP contribution < -0.4 is 5.73 Å². The summed E-state index contributed by atoms with van der Waals surface area (Å²) < 4.78 is 0. The molecular formula is C20H27N. The lowest BCUT2D eigenvalue weighted by atomic mass is 9.86. The minimum atomic E-state index is 0.0594. The van der Waals surface area contributed by atoms with Crippen LogP contribution in [0.3, 0.4) is 0 Å². The van der Waals surface area contributed by atoms with Crippen molar-refractivity contribution in [3.63, 3.8) is 0 Å². The van der Waals surface area contributed by atoms with E-state index in [1.165, 1.54) is 44.5 Å². The molecule has 2 aromatic carbocycles. The smallest absolute Gasteiger partial charge is 0.0341 e. The average Bonchev–Trinajstić information content (AvgIpc) is 2.41. The third kappa shape index (κ3) is 3.19. The van der Waals surface area contributed by atoms with Gasteiger partial charge in [-0.25, -0.2) is 0 Å². The van der Waals surface area contributed by atoms with E-state index in [4.69, 9.17) is 5.73 Å². The van der Waals surface area contributed by atoms with Gasteiger partial charge in [-0.2, -0.15) is 0 Å². The Labute approximate surface area is 129 Å². The lowest BCUT2D eigenvalue weighted by molar-refractivity contribution is 0.705. The van der Waals surface area contributed by atoms with E-state index in [1.54, 1.807) is 0 Å². The van der Waals surface area contributed by atoms with Gasteiger partial charge < -0.3 is 5.73 Å². The molecule has 0 bridgehead atoms. The molecule has 2 rings (SSSR count). The fraction of sp³-hybridized carbons (Fsp3) is 0.400. The molecule has 0 amide bonds. The van der Waals surface area contributed by atoms with Crippen LogP contribution in [-0.4, -0.2) is 0 Å². The molecular weight excluding hydrogens is 254 g/mol. The van der Waals surface area contributed by atoms with Crippen LogP contribution in [0.25, 0.3) is 0 Å². The number of rotatable bonds is 3. The fourth-order valence-electron chi connectivity index (χ4n) is 3.16. The minimum Gasteiger partial charge on any atom is -0.324 e. The van der Waals surface area contributed by atoms with E-state index in [9.17, 15) is 0 Å². The van der Waals surface area contributed by atoms with E-state index in [1.807, 2.05) is 0 Å². The predicted octanol–water partition coefficient (Wildman–Crippen LogP) is 4.78. The zero-order valence-corrected chi connectivity index (χ0v) is 14.2. The Balaban J connectivity index is 2.41. The van der Waals surface area contributed by atoms with Crippen LogP contribution in [0.2, 0.25) is 0 Å². The van der Waals surface area contributed by atoms with Gasteiger partial charge in [0.1, 0.15) is 0 Å². The van der Waals surface area contributed by atoms with Crippen LogP contribution in [0.4, 0.5) is 0 Å². The van der Waals surface area contributed by atoms with Crippen molar-refractivity contribution in [3.8, 4) is 0 Å². The van der Waals surface area contributed by atoms with Gasteiger partial charge in [-0.15, -0.1) is 0 Å². The van der Waals surface area contributed by atoms with Crippen molar-refractivity contribution < 1.29 is 0 Å². The fourth-order valence-corrected chi connectivity index (χ4v) is 3.16. The number of benzene rings is 2. The first-order valence-electron chi connectivity index (χ1n) is 7.70. The molecule has 0 radical (unpaired) electrons. The highest BCUT2D eigenvalue weighted by Gasteiger charge is 2.16. The summed E-state index contributed by atoms with van der Waals surface area (Å²) in [5.74, 6) is 0. The molecule has 0 aliphatic carbocycles. The first kappa shape index (κ1) is 15.8. The SMILES string of the molecule is Cc1ccc(C)c(CC(N)c2c(C)c(C)cc(C)c2C)c1. The van der Waals surface area contributed by atoms with Gasteiger partial charge in [0.2, 0.25) is 0 Å². The quantitative estimate of drug-likeness (QED) is 0.861. The molecule has 0 heterocycles. The summed E-state index contributed by atoms with van der Waals surface area (Å²) >= 11 is 0. The Bertz CT molecular complexity index is 642. The molecule has 0 aromatic heterocycles. The summed E-state index contributed by atoms with van der Waals surface area (Å²) in [5, 5.41) is 0. The van der Waals surface area contributed by atoms with Crippen LogP contribution in [0.15, 0.2) is 24.3 Å². The molecule has 2 aromatic rings. The Morgan fingerprint density at radius 2 is 1.38 bits per heavy atom. The van der Waals surface area contributed by atoms with Crippen LogP contribution in [0.5, 0.6) is 0 Å². The van der Waals surface area contributed by atoms with Gasteiger partial charge in [-0.05, 0) is 86.9 Å². The van der Waals surface area contributed by atoms with E-state index >= 15 is 0 Å². The third-order valence-corrected chi connectivity index (χ3v) is 4.74. The minimum absolute atomic E-state index is 0.0594. The molecule has 0 aliphatic rings. The maximum absolute atomic E-state index is 6.59. The monoisotopic (exact) mass is 281 g/mol. The van der Waals surface area contributed by atoms with Crippen LogP contribution in [0, 0.1) is 41.5 Å². The van der Waals surface area contributed by atoms with Crippen molar-refractivity contribution in [2.45, 2.75) is 54.0 Å². The highest BCUT2D eigenvalue weighted by Crippen LogP contribution is 2.29. The molecule has 0 fully saturated rings. The maximum Gasteiger partial charge on any atom is 0.0341 e. The molecule has 0 saturated carbocycles. The van der Waals surface area contributed by atoms with Gasteiger partial charge in [0.05, 0.1) is 0 Å². The molecule has 1 heteroatoms. The number of nitrogens with two attached hydrogens (primary N) is 1. The summed E-state index contributed by atoms with van der Waals surface area (Å²) in [7, 11) is 0. The van der Waals surface area contributed by atoms with Gasteiger partial charge in [0, 0.05) is 6.04 Å². The van der Waals surface area contributed by atoms with Crippen molar-refractivity contribution in [2.75, 3.05) is 0 Å². The Kier molecular flexibility index (Phi) is 4.53. The highest BCUT2D eigenvalue weighted by atomic mass is 14.6. The lowest BCUT2D eigenvalue weighted by Crippen LogP contribution is -2.18. The number of hydrogen-bond acceptors (Lipinski definition) is 1. The lowest BCUT2D eigenvalue weighted by Gasteiger charge is -2.22. The van der Waals surface area contributed by atoms with Crippen molar-refractivity contribution in [1.29, 1.82) is 0 Å². The first-order chi connectivity index (χ1) is 9.81. The predicted molar refractivity (Wildman–Crippen MR) is 91.9 cm³/mol. The van der Waals surface area contributed by atoms with Gasteiger partial charge in [0.15, 0.2) is 0 Å². The van der Waals surface area contributed by atoms with E-state index < -0.39 is 0 Å². The van der Waals surface area contributed by atoms with E-state index in [-0.39, 0.29) is 6.04 Å². The Morgan fingerprint density at radius 1 is 0.810 bits per heavy atom. The molecule has 1 unspecified atom stereocenters. The maximum atomic E-state index is 6.59. The third-order valence-electron chi connectivity index (χ3n) is 4.74. The molecule has 1 nitrogen and oxygen atoms in total. The van der Waals surface area contributed by atoms with E-state index in [0.717, 1.165) is 6.42 Å². The van der Waals surface area contributed by atoms with Crippen molar-refractivity contribution in [2.24, 2.45) is 5.73 Å². The second kappa shape index (κ2) is 6.03. The molecule has 1 atom stereocenters. The van der Waals surface area contributed by atoms with Gasteiger partial charge >= 0.3 is 0 Å². The highest BCUT2D eigenvalue weighted by molar-refractivity contribution is 5.46. The summed E-state index contributed by atoms with van der Waals surface area (Å²) in [6.45, 7) is 13.1. The standard InChI is InChI=1S/C20H27N/c1-12-7-8-13(2)18(9-12)11-19(21)20-16(5)14(3)10-15(4)17(20)6/h7-10,19H,11,21H2,1-6H3. The molecule has 2 N–H and O–H groups in total. The molecule has 21 heavy (non-hydrogen) atoms. The van der Waals surface area contributed by atoms with Crippen LogP contribution >= 0.6 is 0 Å². The largest absolute Gasteiger partial charge is 0.324 e. The van der Waals surface area contributed by atoms with Crippen molar-refractivity contribution in [1.82, 2.24) is 0 Å². The summed E-state index contributed by atoms with van der Waals surface area (Å²) in [4.78, 5) is 0. The molecule has 0 spiro atoms. The van der Waals surface area contributed by atoms with E-state index in [2.05, 4.69) is 65.8 Å². The van der Waals surface area contributed by atoms with Crippen molar-refractivity contribution >= 4 is 0 Å². The van der Waals surface area contributed by atoms with Gasteiger partial charge in [-0.1, -0.05) is 29.8 Å². The zero-order chi connectivity index (χ0) is 15.7.